The number of carboxylic acid groups (broad SMARTS) is 1. The number of amides is 2. The van der Waals surface area contributed by atoms with Gasteiger partial charge in [-0.15, -0.1) is 0 Å². The first-order valence-electron chi connectivity index (χ1n) is 8.12. The summed E-state index contributed by atoms with van der Waals surface area (Å²) in [4.78, 5) is 37.3. The molecule has 1 fully saturated rings. The summed E-state index contributed by atoms with van der Waals surface area (Å²) in [5.41, 5.74) is 0.562. The average Bonchev–Trinajstić information content (AvgIpc) is 2.91. The Morgan fingerprint density at radius 2 is 1.97 bits per heavy atom. The highest BCUT2D eigenvalue weighted by molar-refractivity contribution is 8.26. The van der Waals surface area contributed by atoms with Crippen LogP contribution in [-0.2, 0) is 9.59 Å². The van der Waals surface area contributed by atoms with Gasteiger partial charge in [0, 0.05) is 16.8 Å². The van der Waals surface area contributed by atoms with Gasteiger partial charge in [0.2, 0.25) is 5.91 Å². The number of carboxylic acids is 1. The van der Waals surface area contributed by atoms with Crippen LogP contribution in [0.3, 0.4) is 0 Å². The molecule has 0 atom stereocenters. The molecule has 2 aromatic carbocycles. The fraction of sp³-hybridized carbons (Fsp3) is 0.0526. The van der Waals surface area contributed by atoms with E-state index in [9.17, 15) is 19.5 Å². The number of hydrogen-bond acceptors (Lipinski definition) is 6. The Balaban J connectivity index is 1.70. The van der Waals surface area contributed by atoms with Crippen molar-refractivity contribution in [3.63, 3.8) is 0 Å². The van der Waals surface area contributed by atoms with Crippen LogP contribution in [0.2, 0.25) is 5.02 Å². The second-order valence-electron chi connectivity index (χ2n) is 5.87. The zero-order chi connectivity index (χ0) is 21.1. The molecule has 10 heteroatoms. The minimum absolute atomic E-state index is 0.189. The van der Waals surface area contributed by atoms with Gasteiger partial charge in [-0.2, -0.15) is 0 Å². The second kappa shape index (κ2) is 8.64. The minimum Gasteiger partial charge on any atom is -0.507 e. The molecule has 148 valence electrons. The predicted molar refractivity (Wildman–Crippen MR) is 115 cm³/mol. The maximum absolute atomic E-state index is 12.6. The summed E-state index contributed by atoms with van der Waals surface area (Å²) < 4.78 is 0.229. The molecule has 0 bridgehead atoms. The van der Waals surface area contributed by atoms with E-state index in [1.807, 2.05) is 0 Å². The molecule has 1 aliphatic rings. The SMILES string of the molecule is O=C(CN1C(=O)/C(=C/c2ccccc2Cl)SC1=S)Nc1ccc(C(=O)O)c(O)c1. The molecule has 3 N–H and O–H groups in total. The van der Waals surface area contributed by atoms with Crippen LogP contribution < -0.4 is 5.32 Å². The van der Waals surface area contributed by atoms with Gasteiger partial charge in [-0.05, 0) is 29.8 Å². The first kappa shape index (κ1) is 20.8. The number of aromatic carboxylic acids is 1. The van der Waals surface area contributed by atoms with E-state index in [0.717, 1.165) is 22.7 Å². The summed E-state index contributed by atoms with van der Waals surface area (Å²) in [7, 11) is 0. The molecule has 0 aromatic heterocycles. The highest BCUT2D eigenvalue weighted by Crippen LogP contribution is 2.33. The Labute approximate surface area is 180 Å². The Bertz CT molecular complexity index is 1070. The molecule has 3 rings (SSSR count). The van der Waals surface area contributed by atoms with Gasteiger partial charge in [0.1, 0.15) is 22.2 Å². The molecule has 7 nitrogen and oxygen atoms in total. The molecule has 2 amide bonds. The predicted octanol–water partition coefficient (Wildman–Crippen LogP) is 3.58. The van der Waals surface area contributed by atoms with Gasteiger partial charge in [-0.3, -0.25) is 14.5 Å². The van der Waals surface area contributed by atoms with Gasteiger partial charge in [0.25, 0.3) is 5.91 Å². The number of carbonyl (C=O) groups is 3. The number of rotatable bonds is 5. The Kier molecular flexibility index (Phi) is 6.21. The molecule has 29 heavy (non-hydrogen) atoms. The van der Waals surface area contributed by atoms with E-state index in [2.05, 4.69) is 5.32 Å². The molecule has 0 radical (unpaired) electrons. The molecule has 1 aliphatic heterocycles. The van der Waals surface area contributed by atoms with E-state index in [1.54, 1.807) is 30.3 Å². The summed E-state index contributed by atoms with van der Waals surface area (Å²) in [5, 5.41) is 21.6. The fourth-order valence-electron chi connectivity index (χ4n) is 2.50. The highest BCUT2D eigenvalue weighted by atomic mass is 35.5. The molecule has 2 aromatic rings. The van der Waals surface area contributed by atoms with E-state index in [0.29, 0.717) is 15.5 Å². The van der Waals surface area contributed by atoms with Crippen LogP contribution in [0.4, 0.5) is 5.69 Å². The third-order valence-electron chi connectivity index (χ3n) is 3.88. The van der Waals surface area contributed by atoms with Gasteiger partial charge in [-0.1, -0.05) is 53.8 Å². The monoisotopic (exact) mass is 448 g/mol. The number of phenols is 1. The number of nitrogens with one attached hydrogen (secondary N) is 1. The molecular formula is C19H13ClN2O5S2. The van der Waals surface area contributed by atoms with Gasteiger partial charge in [-0.25, -0.2) is 4.79 Å². The topological polar surface area (TPSA) is 107 Å². The van der Waals surface area contributed by atoms with Gasteiger partial charge in [0.15, 0.2) is 0 Å². The maximum Gasteiger partial charge on any atom is 0.339 e. The fourth-order valence-corrected chi connectivity index (χ4v) is 3.94. The normalized spacial score (nSPS) is 15.1. The zero-order valence-electron chi connectivity index (χ0n) is 14.6. The first-order valence-corrected chi connectivity index (χ1v) is 9.72. The lowest BCUT2D eigenvalue weighted by molar-refractivity contribution is -0.126. The summed E-state index contributed by atoms with van der Waals surface area (Å²) in [6.07, 6.45) is 1.61. The van der Waals surface area contributed by atoms with E-state index in [-0.39, 0.29) is 22.1 Å². The lowest BCUT2D eigenvalue weighted by atomic mass is 10.2. The standard InChI is InChI=1S/C19H13ClN2O5S2/c20-13-4-2-1-3-10(13)7-15-17(25)22(19(28)29-15)9-16(24)21-11-5-6-12(18(26)27)14(23)8-11/h1-8,23H,9H2,(H,21,24)(H,26,27)/b15-7-. The molecule has 0 aliphatic carbocycles. The highest BCUT2D eigenvalue weighted by Gasteiger charge is 2.33. The quantitative estimate of drug-likeness (QED) is 0.474. The van der Waals surface area contributed by atoms with Gasteiger partial charge >= 0.3 is 5.97 Å². The largest absolute Gasteiger partial charge is 0.507 e. The first-order chi connectivity index (χ1) is 13.8. The smallest absolute Gasteiger partial charge is 0.339 e. The van der Waals surface area contributed by atoms with E-state index in [4.69, 9.17) is 28.9 Å². The summed E-state index contributed by atoms with van der Waals surface area (Å²) in [6, 6.07) is 10.6. The Morgan fingerprint density at radius 3 is 2.62 bits per heavy atom. The number of benzene rings is 2. The van der Waals surface area contributed by atoms with Crippen LogP contribution in [0.25, 0.3) is 6.08 Å². The van der Waals surface area contributed by atoms with Crippen LogP contribution in [0.5, 0.6) is 5.75 Å². The third kappa shape index (κ3) is 4.76. The Hall–Kier alpha value is -2.88. The van der Waals surface area contributed by atoms with Crippen molar-refractivity contribution in [3.05, 3.63) is 63.5 Å². The lowest BCUT2D eigenvalue weighted by Crippen LogP contribution is -2.36. The Morgan fingerprint density at radius 1 is 1.24 bits per heavy atom. The van der Waals surface area contributed by atoms with Crippen LogP contribution in [0.15, 0.2) is 47.4 Å². The van der Waals surface area contributed by atoms with Gasteiger partial charge < -0.3 is 15.5 Å². The third-order valence-corrected chi connectivity index (χ3v) is 5.60. The number of thiocarbonyl (C=S) groups is 1. The number of anilines is 1. The average molecular weight is 449 g/mol. The summed E-state index contributed by atoms with van der Waals surface area (Å²) in [5.74, 6) is -2.74. The van der Waals surface area contributed by atoms with E-state index in [1.165, 1.54) is 12.1 Å². The van der Waals surface area contributed by atoms with Crippen molar-refractivity contribution in [1.82, 2.24) is 4.90 Å². The van der Waals surface area contributed by atoms with Crippen molar-refractivity contribution in [2.75, 3.05) is 11.9 Å². The van der Waals surface area contributed by atoms with Gasteiger partial charge in [0.05, 0.1) is 4.91 Å². The number of nitrogens with zero attached hydrogens (tertiary/aromatic N) is 1. The summed E-state index contributed by atoms with van der Waals surface area (Å²) in [6.45, 7) is -0.327. The number of hydrogen-bond donors (Lipinski definition) is 3. The van der Waals surface area contributed by atoms with Crippen molar-refractivity contribution in [2.24, 2.45) is 0 Å². The molecule has 0 unspecified atom stereocenters. The minimum atomic E-state index is -1.29. The van der Waals surface area contributed by atoms with Crippen molar-refractivity contribution in [3.8, 4) is 5.75 Å². The summed E-state index contributed by atoms with van der Waals surface area (Å²) >= 11 is 12.4. The molecule has 0 spiro atoms. The molecular weight excluding hydrogens is 436 g/mol. The van der Waals surface area contributed by atoms with E-state index >= 15 is 0 Å². The molecule has 0 saturated carbocycles. The van der Waals surface area contributed by atoms with Crippen LogP contribution in [0, 0.1) is 0 Å². The maximum atomic E-state index is 12.6. The van der Waals surface area contributed by atoms with Crippen LogP contribution >= 0.6 is 35.6 Å². The number of carbonyl (C=O) groups excluding carboxylic acids is 2. The van der Waals surface area contributed by atoms with Crippen molar-refractivity contribution >= 4 is 69.4 Å². The van der Waals surface area contributed by atoms with E-state index < -0.39 is 23.5 Å². The number of halogens is 1. The molecule has 1 saturated heterocycles. The van der Waals surface area contributed by atoms with Crippen LogP contribution in [-0.4, -0.2) is 43.8 Å². The molecule has 1 heterocycles. The van der Waals surface area contributed by atoms with Crippen LogP contribution in [0.1, 0.15) is 15.9 Å². The van der Waals surface area contributed by atoms with Crippen molar-refractivity contribution in [2.45, 2.75) is 0 Å². The van der Waals surface area contributed by atoms with Crippen molar-refractivity contribution < 1.29 is 24.6 Å². The van der Waals surface area contributed by atoms with Crippen molar-refractivity contribution in [1.29, 1.82) is 0 Å². The lowest BCUT2D eigenvalue weighted by Gasteiger charge is -2.14. The number of aromatic hydroxyl groups is 1. The number of thioether (sulfide) groups is 1. The second-order valence-corrected chi connectivity index (χ2v) is 7.96. The zero-order valence-corrected chi connectivity index (χ0v) is 17.0.